The zero-order valence-electron chi connectivity index (χ0n) is 15.9. The van der Waals surface area contributed by atoms with Gasteiger partial charge in [-0.3, -0.25) is 0 Å². The molecule has 3 heterocycles. The van der Waals surface area contributed by atoms with E-state index >= 15 is 0 Å². The Morgan fingerprint density at radius 3 is 2.89 bits per heavy atom. The second-order valence-corrected chi connectivity index (χ2v) is 9.25. The van der Waals surface area contributed by atoms with E-state index in [0.29, 0.717) is 11.7 Å². The number of rotatable bonds is 7. The van der Waals surface area contributed by atoms with Crippen molar-refractivity contribution in [3.8, 4) is 0 Å². The van der Waals surface area contributed by atoms with E-state index in [9.17, 15) is 5.11 Å². The molecule has 0 amide bonds. The number of hydrogen-bond acceptors (Lipinski definition) is 6. The molecule has 0 spiro atoms. The van der Waals surface area contributed by atoms with Crippen LogP contribution in [0.4, 0.5) is 5.82 Å². The monoisotopic (exact) mass is 389 g/mol. The van der Waals surface area contributed by atoms with Gasteiger partial charge in [0.1, 0.15) is 11.8 Å². The van der Waals surface area contributed by atoms with Crippen LogP contribution in [0, 0.1) is 11.8 Å². The minimum atomic E-state index is -0.190. The van der Waals surface area contributed by atoms with E-state index in [1.165, 1.54) is 49.7 Å². The minimum Gasteiger partial charge on any atom is -0.391 e. The van der Waals surface area contributed by atoms with E-state index in [-0.39, 0.29) is 6.10 Å². The van der Waals surface area contributed by atoms with Gasteiger partial charge in [0, 0.05) is 31.7 Å². The topological polar surface area (TPSA) is 91.1 Å². The molecule has 0 aromatic carbocycles. The molecule has 0 unspecified atom stereocenters. The number of nitrogens with zero attached hydrogens (tertiary/aromatic N) is 3. The summed E-state index contributed by atoms with van der Waals surface area (Å²) >= 11 is 2.06. The molecule has 2 aromatic rings. The molecule has 6 nitrogen and oxygen atoms in total. The van der Waals surface area contributed by atoms with E-state index in [0.717, 1.165) is 48.8 Å². The Bertz CT molecular complexity index is 745. The molecule has 148 valence electrons. The zero-order chi connectivity index (χ0) is 18.6. The third kappa shape index (κ3) is 4.58. The van der Waals surface area contributed by atoms with Crippen LogP contribution in [0.15, 0.2) is 12.5 Å². The summed E-state index contributed by atoms with van der Waals surface area (Å²) in [5.74, 6) is 4.18. The van der Waals surface area contributed by atoms with Gasteiger partial charge in [-0.2, -0.15) is 11.8 Å². The molecule has 2 aliphatic rings. The van der Waals surface area contributed by atoms with Gasteiger partial charge in [0.25, 0.3) is 0 Å². The maximum Gasteiger partial charge on any atom is 0.151 e. The van der Waals surface area contributed by atoms with E-state index in [4.69, 9.17) is 5.73 Å². The maximum absolute atomic E-state index is 10.5. The first-order valence-electron chi connectivity index (χ1n) is 10.3. The average molecular weight is 390 g/mol. The van der Waals surface area contributed by atoms with Crippen molar-refractivity contribution >= 4 is 28.6 Å². The van der Waals surface area contributed by atoms with Gasteiger partial charge in [-0.05, 0) is 42.2 Å². The van der Waals surface area contributed by atoms with Crippen molar-refractivity contribution in [3.63, 3.8) is 0 Å². The van der Waals surface area contributed by atoms with E-state index in [1.54, 1.807) is 0 Å². The molecule has 1 saturated carbocycles. The summed E-state index contributed by atoms with van der Waals surface area (Å²) in [4.78, 5) is 14.0. The van der Waals surface area contributed by atoms with E-state index in [1.807, 2.05) is 6.20 Å². The molecule has 0 radical (unpaired) electrons. The van der Waals surface area contributed by atoms with E-state index in [2.05, 4.69) is 31.6 Å². The molecule has 2 aromatic heterocycles. The second-order valence-electron chi connectivity index (χ2n) is 8.17. The van der Waals surface area contributed by atoms with Crippen LogP contribution in [0.3, 0.4) is 0 Å². The van der Waals surface area contributed by atoms with Crippen LogP contribution in [0.2, 0.25) is 0 Å². The first-order valence-corrected chi connectivity index (χ1v) is 11.4. The summed E-state index contributed by atoms with van der Waals surface area (Å²) in [6.07, 6.45) is 11.3. The van der Waals surface area contributed by atoms with Gasteiger partial charge < -0.3 is 20.7 Å². The van der Waals surface area contributed by atoms with Crippen molar-refractivity contribution in [1.29, 1.82) is 0 Å². The van der Waals surface area contributed by atoms with Crippen LogP contribution in [0.5, 0.6) is 0 Å². The van der Waals surface area contributed by atoms with Crippen LogP contribution < -0.4 is 5.73 Å². The van der Waals surface area contributed by atoms with Gasteiger partial charge in [0.15, 0.2) is 5.82 Å². The van der Waals surface area contributed by atoms with Gasteiger partial charge in [-0.15, -0.1) is 0 Å². The highest BCUT2D eigenvalue weighted by Crippen LogP contribution is 2.29. The Hall–Kier alpha value is -1.31. The highest BCUT2D eigenvalue weighted by atomic mass is 32.2. The number of thioether (sulfide) groups is 1. The lowest BCUT2D eigenvalue weighted by Crippen LogP contribution is -2.24. The van der Waals surface area contributed by atoms with Crippen LogP contribution in [-0.2, 0) is 6.42 Å². The van der Waals surface area contributed by atoms with Crippen molar-refractivity contribution in [2.45, 2.75) is 44.6 Å². The van der Waals surface area contributed by atoms with Crippen LogP contribution in [0.25, 0.3) is 11.0 Å². The lowest BCUT2D eigenvalue weighted by molar-refractivity contribution is 0.150. The molecular formula is C20H31N5OS. The van der Waals surface area contributed by atoms with Gasteiger partial charge in [-0.25, -0.2) is 9.97 Å². The molecule has 27 heavy (non-hydrogen) atoms. The number of aromatic nitrogens is 3. The van der Waals surface area contributed by atoms with Crippen molar-refractivity contribution in [3.05, 3.63) is 18.1 Å². The smallest absolute Gasteiger partial charge is 0.151 e. The summed E-state index contributed by atoms with van der Waals surface area (Å²) in [6, 6.07) is 0. The number of nitrogen functional groups attached to an aromatic ring is 1. The number of H-pyrrole nitrogens is 1. The number of anilines is 1. The van der Waals surface area contributed by atoms with Crippen molar-refractivity contribution in [2.75, 3.05) is 36.9 Å². The average Bonchev–Trinajstić information content (AvgIpc) is 3.25. The molecule has 1 aliphatic carbocycles. The Balaban J connectivity index is 1.24. The molecule has 1 saturated heterocycles. The third-order valence-corrected chi connectivity index (χ3v) is 7.53. The molecule has 0 bridgehead atoms. The molecule has 7 heteroatoms. The number of hydrogen-bond donors (Lipinski definition) is 3. The number of nitrogens with one attached hydrogen (secondary N) is 1. The van der Waals surface area contributed by atoms with Gasteiger partial charge in [0.05, 0.1) is 11.6 Å². The number of aliphatic hydroxyl groups is 1. The fraction of sp³-hybridized carbons (Fsp3) is 0.700. The standard InChI is InChI=1S/C20H31N5OS/c21-20-19-18(23-13-24-20)15(8-22-19)6-7-25-9-16(17(26)10-25)12-27-11-14-4-2-1-3-5-14/h8,13-14,16-17,22,26H,1-7,9-12H2,(H2,21,23,24)/t16-,17+/m1/s1. The predicted octanol–water partition coefficient (Wildman–Crippen LogP) is 2.69. The van der Waals surface area contributed by atoms with E-state index < -0.39 is 0 Å². The summed E-state index contributed by atoms with van der Waals surface area (Å²) in [6.45, 7) is 2.73. The van der Waals surface area contributed by atoms with Crippen molar-refractivity contribution < 1.29 is 5.11 Å². The zero-order valence-corrected chi connectivity index (χ0v) is 16.8. The number of β-amino-alcohol motifs (C(OH)–C–C–N with tert-alkyl or cyclic N) is 1. The largest absolute Gasteiger partial charge is 0.391 e. The Morgan fingerprint density at radius 2 is 2.04 bits per heavy atom. The van der Waals surface area contributed by atoms with Crippen molar-refractivity contribution in [2.24, 2.45) is 11.8 Å². The highest BCUT2D eigenvalue weighted by Gasteiger charge is 2.31. The molecule has 2 atom stereocenters. The number of fused-ring (bicyclic) bond motifs is 1. The van der Waals surface area contributed by atoms with Crippen LogP contribution in [0.1, 0.15) is 37.7 Å². The molecule has 1 aliphatic heterocycles. The number of aliphatic hydroxyl groups excluding tert-OH is 1. The SMILES string of the molecule is Nc1ncnc2c(CCN3C[C@H](CSCC4CCCCC4)[C@@H](O)C3)c[nH]c12. The molecular weight excluding hydrogens is 358 g/mol. The normalized spacial score (nSPS) is 24.8. The lowest BCUT2D eigenvalue weighted by atomic mass is 9.91. The van der Waals surface area contributed by atoms with Gasteiger partial charge >= 0.3 is 0 Å². The fourth-order valence-electron chi connectivity index (χ4n) is 4.51. The predicted molar refractivity (Wildman–Crippen MR) is 112 cm³/mol. The summed E-state index contributed by atoms with van der Waals surface area (Å²) in [5, 5.41) is 10.5. The first kappa shape index (κ1) is 19.0. The highest BCUT2D eigenvalue weighted by molar-refractivity contribution is 7.99. The molecule has 2 fully saturated rings. The third-order valence-electron chi connectivity index (χ3n) is 6.16. The molecule has 4 N–H and O–H groups in total. The minimum absolute atomic E-state index is 0.190. The first-order chi connectivity index (χ1) is 13.2. The summed E-state index contributed by atoms with van der Waals surface area (Å²) in [5.41, 5.74) is 8.81. The number of nitrogens with two attached hydrogens (primary N) is 1. The van der Waals surface area contributed by atoms with Crippen molar-refractivity contribution in [1.82, 2.24) is 19.9 Å². The lowest BCUT2D eigenvalue weighted by Gasteiger charge is -2.22. The van der Waals surface area contributed by atoms with Crippen LogP contribution in [-0.4, -0.2) is 62.2 Å². The van der Waals surface area contributed by atoms with Crippen LogP contribution >= 0.6 is 11.8 Å². The molecule has 4 rings (SSSR count). The number of likely N-dealkylation sites (tertiary alicyclic amines) is 1. The Labute approximate surface area is 165 Å². The second kappa shape index (κ2) is 8.80. The van der Waals surface area contributed by atoms with Gasteiger partial charge in [-0.1, -0.05) is 19.3 Å². The number of aromatic amines is 1. The summed E-state index contributed by atoms with van der Waals surface area (Å²) in [7, 11) is 0. The fourth-order valence-corrected chi connectivity index (χ4v) is 5.94. The summed E-state index contributed by atoms with van der Waals surface area (Å²) < 4.78 is 0. The van der Waals surface area contributed by atoms with Gasteiger partial charge in [0.2, 0.25) is 0 Å². The Kier molecular flexibility index (Phi) is 6.20. The Morgan fingerprint density at radius 1 is 1.19 bits per heavy atom. The maximum atomic E-state index is 10.5. The quantitative estimate of drug-likeness (QED) is 0.674.